The summed E-state index contributed by atoms with van der Waals surface area (Å²) in [7, 11) is 0. The molecule has 2 N–H and O–H groups in total. The molecule has 2 aromatic rings. The molecule has 0 radical (unpaired) electrons. The second-order valence-electron chi connectivity index (χ2n) is 6.37. The first-order valence-corrected chi connectivity index (χ1v) is 8.03. The fraction of sp³-hybridized carbons (Fsp3) is 0.389. The number of amides is 1. The smallest absolute Gasteiger partial charge is 0.328 e. The Kier molecular flexibility index (Phi) is 5.73. The lowest BCUT2D eigenvalue weighted by Gasteiger charge is -2.15. The highest BCUT2D eigenvalue weighted by atomic mass is 16.2. The van der Waals surface area contributed by atoms with Gasteiger partial charge in [0.2, 0.25) is 5.91 Å². The first-order valence-electron chi connectivity index (χ1n) is 8.03. The highest BCUT2D eigenvalue weighted by molar-refractivity contribution is 5.76. The zero-order valence-corrected chi connectivity index (χ0v) is 14.2. The fourth-order valence-corrected chi connectivity index (χ4v) is 2.51. The standard InChI is InChI=1S/C18H23N3O3/c1-12(2)10-14-4-6-15(7-5-14)13(3)19-17(23)11-21-9-8-16(22)20-18(21)24/h4-9,12-13H,10-11H2,1-3H3,(H,19,23)(H,20,22,24)/t13-/m1/s1. The summed E-state index contributed by atoms with van der Waals surface area (Å²) in [5, 5.41) is 2.86. The van der Waals surface area contributed by atoms with Crippen LogP contribution in [0, 0.1) is 5.92 Å². The Morgan fingerprint density at radius 1 is 1.12 bits per heavy atom. The van der Waals surface area contributed by atoms with E-state index in [1.165, 1.54) is 17.8 Å². The highest BCUT2D eigenvalue weighted by Gasteiger charge is 2.11. The second kappa shape index (κ2) is 7.77. The molecule has 1 aromatic heterocycles. The Bertz CT molecular complexity index is 803. The quantitative estimate of drug-likeness (QED) is 0.844. The molecule has 1 amide bonds. The Morgan fingerprint density at radius 3 is 2.38 bits per heavy atom. The van der Waals surface area contributed by atoms with Crippen LogP contribution in [0.1, 0.15) is 37.9 Å². The summed E-state index contributed by atoms with van der Waals surface area (Å²) in [6, 6.07) is 9.22. The third kappa shape index (κ3) is 4.94. The Balaban J connectivity index is 1.98. The molecule has 128 valence electrons. The van der Waals surface area contributed by atoms with E-state index in [4.69, 9.17) is 0 Å². The monoisotopic (exact) mass is 329 g/mol. The van der Waals surface area contributed by atoms with Crippen molar-refractivity contribution in [3.63, 3.8) is 0 Å². The predicted molar refractivity (Wildman–Crippen MR) is 92.9 cm³/mol. The number of nitrogens with zero attached hydrogens (tertiary/aromatic N) is 1. The summed E-state index contributed by atoms with van der Waals surface area (Å²) in [4.78, 5) is 36.8. The topological polar surface area (TPSA) is 84.0 Å². The van der Waals surface area contributed by atoms with Crippen LogP contribution in [0.4, 0.5) is 0 Å². The largest absolute Gasteiger partial charge is 0.348 e. The number of nitrogens with one attached hydrogen (secondary N) is 2. The van der Waals surface area contributed by atoms with Crippen molar-refractivity contribution >= 4 is 5.91 Å². The third-order valence-corrected chi connectivity index (χ3v) is 3.71. The SMILES string of the molecule is CC(C)Cc1ccc([C@@H](C)NC(=O)Cn2ccc(=O)[nH]c2=O)cc1. The average molecular weight is 329 g/mol. The molecular formula is C18H23N3O3. The van der Waals surface area contributed by atoms with Crippen LogP contribution >= 0.6 is 0 Å². The zero-order valence-electron chi connectivity index (χ0n) is 14.2. The summed E-state index contributed by atoms with van der Waals surface area (Å²) in [6.45, 7) is 6.11. The van der Waals surface area contributed by atoms with Crippen molar-refractivity contribution in [3.05, 3.63) is 68.5 Å². The van der Waals surface area contributed by atoms with Crippen molar-refractivity contribution in [3.8, 4) is 0 Å². The molecule has 6 heteroatoms. The lowest BCUT2D eigenvalue weighted by atomic mass is 10.00. The molecule has 0 spiro atoms. The molecule has 0 unspecified atom stereocenters. The number of carbonyl (C=O) groups excluding carboxylic acids is 1. The molecular weight excluding hydrogens is 306 g/mol. The van der Waals surface area contributed by atoms with Gasteiger partial charge in [0.05, 0.1) is 6.04 Å². The van der Waals surface area contributed by atoms with Crippen LogP contribution < -0.4 is 16.6 Å². The lowest BCUT2D eigenvalue weighted by molar-refractivity contribution is -0.122. The molecule has 6 nitrogen and oxygen atoms in total. The van der Waals surface area contributed by atoms with Crippen molar-refractivity contribution in [2.24, 2.45) is 5.92 Å². The van der Waals surface area contributed by atoms with Crippen LogP contribution in [0.2, 0.25) is 0 Å². The fourth-order valence-electron chi connectivity index (χ4n) is 2.51. The minimum Gasteiger partial charge on any atom is -0.348 e. The molecule has 1 aromatic carbocycles. The van der Waals surface area contributed by atoms with Crippen LogP contribution in [0.15, 0.2) is 46.1 Å². The molecule has 0 aliphatic heterocycles. The van der Waals surface area contributed by atoms with Gasteiger partial charge in [-0.3, -0.25) is 19.1 Å². The Morgan fingerprint density at radius 2 is 1.79 bits per heavy atom. The van der Waals surface area contributed by atoms with Gasteiger partial charge in [-0.05, 0) is 30.4 Å². The molecule has 0 aliphatic carbocycles. The summed E-state index contributed by atoms with van der Waals surface area (Å²) in [6.07, 6.45) is 2.34. The van der Waals surface area contributed by atoms with E-state index in [2.05, 4.69) is 36.3 Å². The molecule has 0 saturated heterocycles. The van der Waals surface area contributed by atoms with Crippen LogP contribution in [-0.4, -0.2) is 15.5 Å². The van der Waals surface area contributed by atoms with Gasteiger partial charge in [0.25, 0.3) is 5.56 Å². The minimum atomic E-state index is -0.594. The normalized spacial score (nSPS) is 12.2. The van der Waals surface area contributed by atoms with E-state index in [-0.39, 0.29) is 18.5 Å². The van der Waals surface area contributed by atoms with Gasteiger partial charge in [-0.1, -0.05) is 38.1 Å². The van der Waals surface area contributed by atoms with E-state index >= 15 is 0 Å². The van der Waals surface area contributed by atoms with Gasteiger partial charge in [0.15, 0.2) is 0 Å². The molecule has 0 bridgehead atoms. The summed E-state index contributed by atoms with van der Waals surface area (Å²) >= 11 is 0. The summed E-state index contributed by atoms with van der Waals surface area (Å²) in [5.41, 5.74) is 1.20. The van der Waals surface area contributed by atoms with Gasteiger partial charge in [0, 0.05) is 12.3 Å². The molecule has 24 heavy (non-hydrogen) atoms. The third-order valence-electron chi connectivity index (χ3n) is 3.71. The number of rotatable bonds is 6. The van der Waals surface area contributed by atoms with E-state index < -0.39 is 11.2 Å². The van der Waals surface area contributed by atoms with Gasteiger partial charge < -0.3 is 5.32 Å². The van der Waals surface area contributed by atoms with Crippen LogP contribution in [0.5, 0.6) is 0 Å². The number of hydrogen-bond acceptors (Lipinski definition) is 3. The molecule has 2 rings (SSSR count). The zero-order chi connectivity index (χ0) is 17.7. The van der Waals surface area contributed by atoms with Gasteiger partial charge in [0.1, 0.15) is 6.54 Å². The summed E-state index contributed by atoms with van der Waals surface area (Å²) in [5.74, 6) is 0.312. The molecule has 1 heterocycles. The van der Waals surface area contributed by atoms with Crippen molar-refractivity contribution in [1.29, 1.82) is 0 Å². The van der Waals surface area contributed by atoms with E-state index in [0.29, 0.717) is 5.92 Å². The van der Waals surface area contributed by atoms with Crippen LogP contribution in [0.25, 0.3) is 0 Å². The highest BCUT2D eigenvalue weighted by Crippen LogP contribution is 2.15. The van der Waals surface area contributed by atoms with E-state index in [0.717, 1.165) is 16.6 Å². The number of hydrogen-bond donors (Lipinski definition) is 2. The number of aromatic amines is 1. The first kappa shape index (κ1) is 17.7. The Labute approximate surface area is 140 Å². The Hall–Kier alpha value is -2.63. The van der Waals surface area contributed by atoms with Crippen molar-refractivity contribution < 1.29 is 4.79 Å². The maximum Gasteiger partial charge on any atom is 0.328 e. The average Bonchev–Trinajstić information content (AvgIpc) is 2.50. The van der Waals surface area contributed by atoms with Crippen LogP contribution in [0.3, 0.4) is 0 Å². The number of benzene rings is 1. The van der Waals surface area contributed by atoms with E-state index in [1.54, 1.807) is 0 Å². The van der Waals surface area contributed by atoms with Crippen molar-refractivity contribution in [2.45, 2.75) is 39.8 Å². The maximum atomic E-state index is 12.1. The van der Waals surface area contributed by atoms with E-state index in [9.17, 15) is 14.4 Å². The van der Waals surface area contributed by atoms with Gasteiger partial charge in [-0.2, -0.15) is 0 Å². The number of aromatic nitrogens is 2. The molecule has 0 aliphatic rings. The number of H-pyrrole nitrogens is 1. The van der Waals surface area contributed by atoms with Gasteiger partial charge in [-0.15, -0.1) is 0 Å². The van der Waals surface area contributed by atoms with Gasteiger partial charge >= 0.3 is 5.69 Å². The molecule has 0 fully saturated rings. The molecule has 1 atom stereocenters. The van der Waals surface area contributed by atoms with Crippen molar-refractivity contribution in [2.75, 3.05) is 0 Å². The van der Waals surface area contributed by atoms with Gasteiger partial charge in [-0.25, -0.2) is 4.79 Å². The summed E-state index contributed by atoms with van der Waals surface area (Å²) < 4.78 is 1.16. The number of carbonyl (C=O) groups is 1. The van der Waals surface area contributed by atoms with E-state index in [1.807, 2.05) is 19.1 Å². The minimum absolute atomic E-state index is 0.134. The predicted octanol–water partition coefficient (Wildman–Crippen LogP) is 1.61. The van der Waals surface area contributed by atoms with Crippen molar-refractivity contribution in [1.82, 2.24) is 14.9 Å². The molecule has 0 saturated carbocycles. The van der Waals surface area contributed by atoms with Crippen LogP contribution in [-0.2, 0) is 17.8 Å². The second-order valence-corrected chi connectivity index (χ2v) is 6.37. The lowest BCUT2D eigenvalue weighted by Crippen LogP contribution is -2.36. The first-order chi connectivity index (χ1) is 11.3. The maximum absolute atomic E-state index is 12.1.